The minimum absolute atomic E-state index is 0.0184. The first-order chi connectivity index (χ1) is 24.6. The standard InChI is InChI=1S/C32H46N14O5/c1-15(47)38-16-4-7-44(11-16)32-40-28(23-30(42-32)46(14-37-23)22-9-19(34-3)25(49)27(22)51)39-17-5-6-43(12-17)31-35-10-20-29(41-31)45(13-36-20)21-8-18(33-2)24(48)26(21)50/h10,13-14,16-19,21-22,24-27,33-34,48-51H,4-9,11-12H2,1-3H3,(H,38,47)(H,39,40,42)/t16-,17-,18-,19-,21+,22+,24-,25-,26+,27+/m0/s1. The fraction of sp³-hybridized carbons (Fsp3) is 0.656. The minimum Gasteiger partial charge on any atom is -0.389 e. The molecule has 2 aliphatic carbocycles. The van der Waals surface area contributed by atoms with Gasteiger partial charge in [0, 0.05) is 57.3 Å². The number of aliphatic hydroxyl groups is 4. The van der Waals surface area contributed by atoms with Crippen LogP contribution in [0.2, 0.25) is 0 Å². The Morgan fingerprint density at radius 1 is 0.745 bits per heavy atom. The van der Waals surface area contributed by atoms with Gasteiger partial charge in [0.05, 0.1) is 43.1 Å². The van der Waals surface area contributed by atoms with Gasteiger partial charge in [-0.3, -0.25) is 4.79 Å². The predicted molar refractivity (Wildman–Crippen MR) is 186 cm³/mol. The molecule has 4 aliphatic rings. The van der Waals surface area contributed by atoms with Crippen molar-refractivity contribution in [3.05, 3.63) is 18.9 Å². The van der Waals surface area contributed by atoms with E-state index in [0.29, 0.717) is 79.1 Å². The molecule has 2 saturated carbocycles. The van der Waals surface area contributed by atoms with Crippen molar-refractivity contribution >= 4 is 45.9 Å². The van der Waals surface area contributed by atoms with Crippen LogP contribution in [0.3, 0.4) is 0 Å². The summed E-state index contributed by atoms with van der Waals surface area (Å²) in [5.41, 5.74) is 2.32. The lowest BCUT2D eigenvalue weighted by Gasteiger charge is -2.22. The second-order valence-electron chi connectivity index (χ2n) is 14.3. The molecule has 0 spiro atoms. The molecule has 8 rings (SSSR count). The van der Waals surface area contributed by atoms with E-state index in [-0.39, 0.29) is 36.1 Å². The molecule has 10 atom stereocenters. The third-order valence-corrected chi connectivity index (χ3v) is 11.2. The summed E-state index contributed by atoms with van der Waals surface area (Å²) in [7, 11) is 3.54. The molecule has 2 saturated heterocycles. The van der Waals surface area contributed by atoms with E-state index in [9.17, 15) is 25.2 Å². The Morgan fingerprint density at radius 2 is 1.33 bits per heavy atom. The number of hydrogen-bond donors (Lipinski definition) is 8. The Labute approximate surface area is 293 Å². The number of amides is 1. The maximum Gasteiger partial charge on any atom is 0.229 e. The summed E-state index contributed by atoms with van der Waals surface area (Å²) in [6, 6.07) is -1.39. The summed E-state index contributed by atoms with van der Waals surface area (Å²) in [6.07, 6.45) is 3.76. The number of carbonyl (C=O) groups is 1. The van der Waals surface area contributed by atoms with Gasteiger partial charge < -0.3 is 60.6 Å². The molecule has 51 heavy (non-hydrogen) atoms. The topological polar surface area (TPSA) is 240 Å². The second-order valence-corrected chi connectivity index (χ2v) is 14.3. The van der Waals surface area contributed by atoms with Gasteiger partial charge in [-0.1, -0.05) is 0 Å². The monoisotopic (exact) mass is 706 g/mol. The van der Waals surface area contributed by atoms with Crippen LogP contribution in [0.25, 0.3) is 22.3 Å². The van der Waals surface area contributed by atoms with Crippen LogP contribution in [0, 0.1) is 0 Å². The van der Waals surface area contributed by atoms with E-state index in [4.69, 9.17) is 19.9 Å². The Kier molecular flexibility index (Phi) is 8.87. The number of nitrogens with one attached hydrogen (secondary N) is 4. The average Bonchev–Trinajstić information content (AvgIpc) is 3.98. The minimum atomic E-state index is -1.01. The maximum absolute atomic E-state index is 11.8. The van der Waals surface area contributed by atoms with Crippen molar-refractivity contribution in [1.82, 2.24) is 55.0 Å². The number of aromatic nitrogens is 8. The molecule has 0 unspecified atom stereocenters. The molecule has 4 aromatic heterocycles. The van der Waals surface area contributed by atoms with E-state index in [1.165, 1.54) is 6.92 Å². The fourth-order valence-electron chi connectivity index (χ4n) is 8.35. The van der Waals surface area contributed by atoms with Crippen LogP contribution < -0.4 is 31.1 Å². The molecule has 4 aromatic rings. The van der Waals surface area contributed by atoms with E-state index >= 15 is 0 Å². The molecule has 4 fully saturated rings. The quantitative estimate of drug-likeness (QED) is 0.0928. The van der Waals surface area contributed by atoms with Crippen LogP contribution in [-0.2, 0) is 4.79 Å². The highest BCUT2D eigenvalue weighted by atomic mass is 16.3. The van der Waals surface area contributed by atoms with E-state index in [0.717, 1.165) is 12.8 Å². The van der Waals surface area contributed by atoms with E-state index in [2.05, 4.69) is 36.1 Å². The van der Waals surface area contributed by atoms with Crippen molar-refractivity contribution in [2.45, 2.75) is 93.3 Å². The summed E-state index contributed by atoms with van der Waals surface area (Å²) in [6.45, 7) is 4.00. The van der Waals surface area contributed by atoms with Gasteiger partial charge in [0.15, 0.2) is 22.6 Å². The first-order valence-corrected chi connectivity index (χ1v) is 17.7. The van der Waals surface area contributed by atoms with Crippen molar-refractivity contribution in [2.75, 3.05) is 55.4 Å². The second kappa shape index (κ2) is 13.4. The third kappa shape index (κ3) is 6.00. The van der Waals surface area contributed by atoms with E-state index in [1.54, 1.807) is 32.9 Å². The van der Waals surface area contributed by atoms with Crippen LogP contribution in [0.5, 0.6) is 0 Å². The Morgan fingerprint density at radius 3 is 1.98 bits per heavy atom. The van der Waals surface area contributed by atoms with Gasteiger partial charge in [-0.05, 0) is 39.8 Å². The number of hydrogen-bond acceptors (Lipinski definition) is 16. The highest BCUT2D eigenvalue weighted by Crippen LogP contribution is 2.36. The molecule has 0 aromatic carbocycles. The molecular weight excluding hydrogens is 660 g/mol. The van der Waals surface area contributed by atoms with Crippen LogP contribution in [-0.4, -0.2) is 154 Å². The zero-order valence-electron chi connectivity index (χ0n) is 28.8. The lowest BCUT2D eigenvalue weighted by atomic mass is 10.2. The van der Waals surface area contributed by atoms with Gasteiger partial charge in [-0.25, -0.2) is 15.0 Å². The number of rotatable bonds is 9. The Hall–Kier alpha value is -4.27. The number of aliphatic hydroxyl groups excluding tert-OH is 4. The largest absolute Gasteiger partial charge is 0.389 e. The first kappa shape index (κ1) is 33.9. The van der Waals surface area contributed by atoms with Gasteiger partial charge in [-0.2, -0.15) is 15.0 Å². The zero-order chi connectivity index (χ0) is 35.6. The smallest absolute Gasteiger partial charge is 0.229 e. The van der Waals surface area contributed by atoms with Gasteiger partial charge in [0.25, 0.3) is 0 Å². The van der Waals surface area contributed by atoms with Gasteiger partial charge in [-0.15, -0.1) is 0 Å². The molecule has 8 N–H and O–H groups in total. The number of carbonyl (C=O) groups excluding carboxylic acids is 1. The summed E-state index contributed by atoms with van der Waals surface area (Å²) in [4.78, 5) is 44.5. The van der Waals surface area contributed by atoms with Crippen molar-refractivity contribution in [3.63, 3.8) is 0 Å². The number of imidazole rings is 2. The lowest BCUT2D eigenvalue weighted by Crippen LogP contribution is -2.38. The molecule has 6 heterocycles. The van der Waals surface area contributed by atoms with Crippen molar-refractivity contribution < 1.29 is 25.2 Å². The zero-order valence-corrected chi connectivity index (χ0v) is 28.8. The number of likely N-dealkylation sites (N-methyl/N-ethyl adjacent to an activating group) is 2. The number of anilines is 3. The highest BCUT2D eigenvalue weighted by Gasteiger charge is 2.44. The summed E-state index contributed by atoms with van der Waals surface area (Å²) >= 11 is 0. The van der Waals surface area contributed by atoms with Crippen molar-refractivity contribution in [3.8, 4) is 0 Å². The molecule has 2 aliphatic heterocycles. The van der Waals surface area contributed by atoms with Crippen molar-refractivity contribution in [2.24, 2.45) is 0 Å². The SMILES string of the molecule is CN[C@H]1C[C@@H](n2cnc3cnc(N4CC[C@H](Nc5nc(N6CC[C@H](NC(C)=O)C6)nc6c5ncn6[C@@H]5C[C@H](NC)[C@H](O)[C@@H]5O)C4)nc32)[C@@H](O)[C@H]1O. The molecule has 19 nitrogen and oxygen atoms in total. The molecule has 0 radical (unpaired) electrons. The van der Waals surface area contributed by atoms with Crippen LogP contribution in [0.1, 0.15) is 44.7 Å². The predicted octanol–water partition coefficient (Wildman–Crippen LogP) is -2.12. The average molecular weight is 707 g/mol. The summed E-state index contributed by atoms with van der Waals surface area (Å²) < 4.78 is 3.67. The van der Waals surface area contributed by atoms with E-state index in [1.807, 2.05) is 14.0 Å². The molecule has 0 bridgehead atoms. The number of nitrogens with zero attached hydrogens (tertiary/aromatic N) is 10. The van der Waals surface area contributed by atoms with Crippen LogP contribution in [0.4, 0.5) is 17.7 Å². The lowest BCUT2D eigenvalue weighted by molar-refractivity contribution is -0.119. The van der Waals surface area contributed by atoms with Crippen LogP contribution >= 0.6 is 0 Å². The van der Waals surface area contributed by atoms with Gasteiger partial charge in [0.1, 0.15) is 17.7 Å². The number of fused-ring (bicyclic) bond motifs is 2. The molecule has 1 amide bonds. The third-order valence-electron chi connectivity index (χ3n) is 11.2. The van der Waals surface area contributed by atoms with Gasteiger partial charge >= 0.3 is 0 Å². The van der Waals surface area contributed by atoms with Crippen LogP contribution in [0.15, 0.2) is 18.9 Å². The van der Waals surface area contributed by atoms with Crippen molar-refractivity contribution in [1.29, 1.82) is 0 Å². The normalized spacial score (nSPS) is 32.5. The Balaban J connectivity index is 1.06. The summed E-state index contributed by atoms with van der Waals surface area (Å²) in [5, 5.41) is 55.8. The highest BCUT2D eigenvalue weighted by molar-refractivity contribution is 5.85. The maximum atomic E-state index is 11.8. The molecular formula is C32H46N14O5. The van der Waals surface area contributed by atoms with E-state index < -0.39 is 30.5 Å². The Bertz CT molecular complexity index is 1900. The molecule has 274 valence electrons. The summed E-state index contributed by atoms with van der Waals surface area (Å²) in [5.74, 6) is 1.51. The fourth-order valence-corrected chi connectivity index (χ4v) is 8.35. The van der Waals surface area contributed by atoms with Gasteiger partial charge in [0.2, 0.25) is 17.8 Å². The molecule has 19 heteroatoms. The first-order valence-electron chi connectivity index (χ1n) is 17.7.